The van der Waals surface area contributed by atoms with Gasteiger partial charge in [-0.15, -0.1) is 0 Å². The number of benzene rings is 2. The lowest BCUT2D eigenvalue weighted by Gasteiger charge is -2.13. The Morgan fingerprint density at radius 3 is 2.39 bits per heavy atom. The van der Waals surface area contributed by atoms with Gasteiger partial charge in [-0.1, -0.05) is 35.3 Å². The first-order valence-corrected chi connectivity index (χ1v) is 8.96. The van der Waals surface area contributed by atoms with Crippen LogP contribution in [0.15, 0.2) is 67.0 Å². The molecule has 0 aliphatic carbocycles. The maximum absolute atomic E-state index is 12.3. The number of para-hydroxylation sites is 2. The second kappa shape index (κ2) is 9.21. The molecular weight excluding hydrogens is 401 g/mol. The summed E-state index contributed by atoms with van der Waals surface area (Å²) in [7, 11) is 0. The first kappa shape index (κ1) is 19.7. The first-order valence-electron chi connectivity index (χ1n) is 8.21. The van der Waals surface area contributed by atoms with Crippen molar-refractivity contribution in [1.82, 2.24) is 4.98 Å². The number of nitrogens with one attached hydrogen (secondary N) is 2. The van der Waals surface area contributed by atoms with E-state index in [0.717, 1.165) is 0 Å². The van der Waals surface area contributed by atoms with Crippen LogP contribution in [0.3, 0.4) is 0 Å². The molecule has 2 amide bonds. The molecule has 0 aliphatic heterocycles. The number of amides is 2. The Morgan fingerprint density at radius 1 is 0.964 bits per heavy atom. The molecule has 6 nitrogen and oxygen atoms in total. The van der Waals surface area contributed by atoms with Gasteiger partial charge in [0.1, 0.15) is 5.75 Å². The quantitative estimate of drug-likeness (QED) is 0.613. The van der Waals surface area contributed by atoms with Crippen molar-refractivity contribution in [3.8, 4) is 5.75 Å². The fraction of sp³-hybridized carbons (Fsp3) is 0.0500. The zero-order chi connectivity index (χ0) is 19.9. The van der Waals surface area contributed by atoms with Crippen molar-refractivity contribution in [2.45, 2.75) is 0 Å². The maximum Gasteiger partial charge on any atom is 0.262 e. The number of rotatable bonds is 6. The molecule has 0 bridgehead atoms. The second-order valence-electron chi connectivity index (χ2n) is 5.65. The van der Waals surface area contributed by atoms with E-state index < -0.39 is 5.91 Å². The van der Waals surface area contributed by atoms with Gasteiger partial charge < -0.3 is 15.4 Å². The highest BCUT2D eigenvalue weighted by Gasteiger charge is 2.12. The summed E-state index contributed by atoms with van der Waals surface area (Å²) in [5.41, 5.74) is 1.30. The molecule has 0 aliphatic rings. The number of ether oxygens (including phenoxy) is 1. The van der Waals surface area contributed by atoms with Gasteiger partial charge in [0.25, 0.3) is 11.8 Å². The molecule has 2 aromatic carbocycles. The van der Waals surface area contributed by atoms with Gasteiger partial charge in [-0.25, -0.2) is 0 Å². The number of halogens is 2. The summed E-state index contributed by atoms with van der Waals surface area (Å²) >= 11 is 11.9. The van der Waals surface area contributed by atoms with Gasteiger partial charge in [0.15, 0.2) is 6.61 Å². The van der Waals surface area contributed by atoms with Crippen molar-refractivity contribution in [2.24, 2.45) is 0 Å². The molecule has 8 heteroatoms. The SMILES string of the molecule is O=C(COc1ccc(Cl)cc1Cl)Nc1ccccc1NC(=O)c1cccnc1. The predicted octanol–water partition coefficient (Wildman–Crippen LogP) is 4.66. The topological polar surface area (TPSA) is 80.3 Å². The van der Waals surface area contributed by atoms with Gasteiger partial charge in [-0.3, -0.25) is 14.6 Å². The van der Waals surface area contributed by atoms with Gasteiger partial charge in [0.05, 0.1) is 22.0 Å². The standard InChI is InChI=1S/C20H15Cl2N3O3/c21-14-7-8-18(15(22)10-14)28-12-19(26)24-16-5-1-2-6-17(16)25-20(27)13-4-3-9-23-11-13/h1-11H,12H2,(H,24,26)(H,25,27). The molecule has 1 heterocycles. The highest BCUT2D eigenvalue weighted by Crippen LogP contribution is 2.27. The van der Waals surface area contributed by atoms with Crippen LogP contribution in [-0.2, 0) is 4.79 Å². The summed E-state index contributed by atoms with van der Waals surface area (Å²) in [5, 5.41) is 6.24. The third-order valence-electron chi connectivity index (χ3n) is 3.63. The molecule has 0 spiro atoms. The lowest BCUT2D eigenvalue weighted by Crippen LogP contribution is -2.22. The highest BCUT2D eigenvalue weighted by molar-refractivity contribution is 6.35. The molecule has 3 aromatic rings. The minimum absolute atomic E-state index is 0.258. The van der Waals surface area contributed by atoms with E-state index in [1.807, 2.05) is 0 Å². The number of anilines is 2. The number of carbonyl (C=O) groups excluding carboxylic acids is 2. The zero-order valence-corrected chi connectivity index (χ0v) is 16.0. The Morgan fingerprint density at radius 2 is 1.71 bits per heavy atom. The Labute approximate surface area is 171 Å². The molecule has 0 unspecified atom stereocenters. The molecule has 2 N–H and O–H groups in total. The Hall–Kier alpha value is -3.09. The summed E-state index contributed by atoms with van der Waals surface area (Å²) < 4.78 is 5.42. The normalized spacial score (nSPS) is 10.2. The van der Waals surface area contributed by atoms with Crippen molar-refractivity contribution in [1.29, 1.82) is 0 Å². The Balaban J connectivity index is 1.64. The Kier molecular flexibility index (Phi) is 6.47. The third kappa shape index (κ3) is 5.22. The van der Waals surface area contributed by atoms with Gasteiger partial charge in [0.2, 0.25) is 0 Å². The van der Waals surface area contributed by atoms with Gasteiger partial charge in [0, 0.05) is 17.4 Å². The lowest BCUT2D eigenvalue weighted by molar-refractivity contribution is -0.118. The van der Waals surface area contributed by atoms with E-state index in [4.69, 9.17) is 27.9 Å². The smallest absolute Gasteiger partial charge is 0.262 e. The summed E-state index contributed by atoms with van der Waals surface area (Å²) in [5.74, 6) is -0.396. The van der Waals surface area contributed by atoms with Crippen LogP contribution in [0, 0.1) is 0 Å². The summed E-state index contributed by atoms with van der Waals surface area (Å²) in [6.07, 6.45) is 3.04. The van der Waals surface area contributed by atoms with Gasteiger partial charge in [-0.05, 0) is 42.5 Å². The number of carbonyl (C=O) groups is 2. The molecular formula is C20H15Cl2N3O3. The Bertz CT molecular complexity index is 997. The van der Waals surface area contributed by atoms with E-state index in [-0.39, 0.29) is 12.5 Å². The summed E-state index contributed by atoms with van der Waals surface area (Å²) in [6, 6.07) is 14.9. The number of nitrogens with zero attached hydrogens (tertiary/aromatic N) is 1. The fourth-order valence-corrected chi connectivity index (χ4v) is 2.78. The molecule has 0 atom stereocenters. The average Bonchev–Trinajstić information content (AvgIpc) is 2.69. The van der Waals surface area contributed by atoms with Crippen LogP contribution < -0.4 is 15.4 Å². The van der Waals surface area contributed by atoms with E-state index in [1.54, 1.807) is 54.7 Å². The molecule has 28 heavy (non-hydrogen) atoms. The van der Waals surface area contributed by atoms with Crippen LogP contribution in [0.2, 0.25) is 10.0 Å². The number of hydrogen-bond donors (Lipinski definition) is 2. The van der Waals surface area contributed by atoms with Crippen molar-refractivity contribution >= 4 is 46.4 Å². The monoisotopic (exact) mass is 415 g/mol. The molecule has 0 fully saturated rings. The summed E-state index contributed by atoms with van der Waals surface area (Å²) in [4.78, 5) is 28.5. The van der Waals surface area contributed by atoms with Crippen molar-refractivity contribution < 1.29 is 14.3 Å². The van der Waals surface area contributed by atoms with Crippen molar-refractivity contribution in [3.63, 3.8) is 0 Å². The molecule has 142 valence electrons. The van der Waals surface area contributed by atoms with Crippen molar-refractivity contribution in [2.75, 3.05) is 17.2 Å². The van der Waals surface area contributed by atoms with Crippen LogP contribution in [-0.4, -0.2) is 23.4 Å². The van der Waals surface area contributed by atoms with Crippen LogP contribution in [0.1, 0.15) is 10.4 Å². The predicted molar refractivity (Wildman–Crippen MR) is 109 cm³/mol. The lowest BCUT2D eigenvalue weighted by atomic mass is 10.2. The second-order valence-corrected chi connectivity index (χ2v) is 6.50. The molecule has 3 rings (SSSR count). The van der Waals surface area contributed by atoms with Crippen LogP contribution in [0.4, 0.5) is 11.4 Å². The van der Waals surface area contributed by atoms with E-state index in [0.29, 0.717) is 32.7 Å². The minimum atomic E-state index is -0.408. The van der Waals surface area contributed by atoms with E-state index in [1.165, 1.54) is 12.3 Å². The van der Waals surface area contributed by atoms with E-state index in [9.17, 15) is 9.59 Å². The first-order chi connectivity index (χ1) is 13.5. The minimum Gasteiger partial charge on any atom is -0.482 e. The average molecular weight is 416 g/mol. The molecule has 0 saturated heterocycles. The number of hydrogen-bond acceptors (Lipinski definition) is 4. The number of pyridine rings is 1. The van der Waals surface area contributed by atoms with E-state index >= 15 is 0 Å². The van der Waals surface area contributed by atoms with Gasteiger partial charge >= 0.3 is 0 Å². The van der Waals surface area contributed by atoms with E-state index in [2.05, 4.69) is 15.6 Å². The summed E-state index contributed by atoms with van der Waals surface area (Å²) in [6.45, 7) is -0.258. The van der Waals surface area contributed by atoms with Gasteiger partial charge in [-0.2, -0.15) is 0 Å². The zero-order valence-electron chi connectivity index (χ0n) is 14.5. The molecule has 0 saturated carbocycles. The van der Waals surface area contributed by atoms with Crippen molar-refractivity contribution in [3.05, 3.63) is 82.6 Å². The van der Waals surface area contributed by atoms with Crippen LogP contribution >= 0.6 is 23.2 Å². The highest BCUT2D eigenvalue weighted by atomic mass is 35.5. The fourth-order valence-electron chi connectivity index (χ4n) is 2.31. The van der Waals surface area contributed by atoms with Crippen LogP contribution in [0.25, 0.3) is 0 Å². The largest absolute Gasteiger partial charge is 0.482 e. The molecule has 1 aromatic heterocycles. The third-order valence-corrected chi connectivity index (χ3v) is 4.16. The molecule has 0 radical (unpaired) electrons. The number of aromatic nitrogens is 1. The van der Waals surface area contributed by atoms with Crippen LogP contribution in [0.5, 0.6) is 5.75 Å². The maximum atomic E-state index is 12.3.